The third kappa shape index (κ3) is 6.69. The van der Waals surface area contributed by atoms with Crippen LogP contribution in [0.25, 0.3) is 0 Å². The van der Waals surface area contributed by atoms with E-state index < -0.39 is 14.4 Å². The standard InChI is InChI=1S/C26H34ClN3O3Si/c1-17(14-26(3,4)34(5,6)33)24(30-21-13-12-20(15-28)23(27)18(21)2)25(32)29-16-22(31)19-10-8-7-9-11-19/h7-13,17,24,30,33H,14,16H2,1-6H3,(H,29,32)/t17-,24-/m1/s1. The number of hydrogen-bond acceptors (Lipinski definition) is 5. The monoisotopic (exact) mass is 499 g/mol. The number of benzene rings is 2. The van der Waals surface area contributed by atoms with Crippen LogP contribution in [0.5, 0.6) is 0 Å². The van der Waals surface area contributed by atoms with E-state index in [1.807, 2.05) is 39.9 Å². The maximum Gasteiger partial charge on any atom is 0.243 e. The molecule has 6 nitrogen and oxygen atoms in total. The average molecular weight is 500 g/mol. The van der Waals surface area contributed by atoms with Crippen LogP contribution in [0.4, 0.5) is 5.69 Å². The summed E-state index contributed by atoms with van der Waals surface area (Å²) in [6.07, 6.45) is 0.601. The highest BCUT2D eigenvalue weighted by molar-refractivity contribution is 6.72. The Labute approximate surface area is 208 Å². The Morgan fingerprint density at radius 3 is 2.35 bits per heavy atom. The molecule has 2 aromatic carbocycles. The highest BCUT2D eigenvalue weighted by Gasteiger charge is 2.41. The van der Waals surface area contributed by atoms with Gasteiger partial charge in [-0.15, -0.1) is 0 Å². The van der Waals surface area contributed by atoms with Gasteiger partial charge in [-0.3, -0.25) is 9.59 Å². The number of nitrogens with one attached hydrogen (secondary N) is 2. The zero-order valence-electron chi connectivity index (χ0n) is 20.7. The SMILES string of the molecule is Cc1c(N[C@@H](C(=O)NCC(=O)c2ccccc2)[C@H](C)CC(C)(C)[Si](C)(C)O)ccc(C#N)c1Cl. The first-order chi connectivity index (χ1) is 15.8. The van der Waals surface area contributed by atoms with Gasteiger partial charge < -0.3 is 15.4 Å². The van der Waals surface area contributed by atoms with Gasteiger partial charge in [-0.2, -0.15) is 5.26 Å². The fraction of sp³-hybridized carbons (Fsp3) is 0.423. The number of anilines is 1. The Morgan fingerprint density at radius 2 is 1.79 bits per heavy atom. The molecule has 0 aliphatic rings. The topological polar surface area (TPSA) is 102 Å². The van der Waals surface area contributed by atoms with E-state index in [4.69, 9.17) is 11.6 Å². The summed E-state index contributed by atoms with van der Waals surface area (Å²) >= 11 is 6.34. The molecule has 2 rings (SSSR count). The molecule has 0 unspecified atom stereocenters. The lowest BCUT2D eigenvalue weighted by molar-refractivity contribution is -0.122. The highest BCUT2D eigenvalue weighted by atomic mass is 35.5. The molecule has 0 bridgehead atoms. The maximum absolute atomic E-state index is 13.3. The fourth-order valence-electron chi connectivity index (χ4n) is 3.74. The third-order valence-electron chi connectivity index (χ3n) is 6.68. The van der Waals surface area contributed by atoms with Crippen molar-refractivity contribution in [2.24, 2.45) is 5.92 Å². The van der Waals surface area contributed by atoms with E-state index in [9.17, 15) is 19.6 Å². The third-order valence-corrected chi connectivity index (χ3v) is 10.7. The number of halogens is 1. The van der Waals surface area contributed by atoms with Crippen molar-refractivity contribution in [3.8, 4) is 6.07 Å². The van der Waals surface area contributed by atoms with Gasteiger partial charge in [0.15, 0.2) is 14.1 Å². The molecule has 2 atom stereocenters. The normalized spacial score (nSPS) is 13.5. The van der Waals surface area contributed by atoms with Gasteiger partial charge >= 0.3 is 0 Å². The smallest absolute Gasteiger partial charge is 0.243 e. The predicted molar refractivity (Wildman–Crippen MR) is 140 cm³/mol. The van der Waals surface area contributed by atoms with E-state index in [0.717, 1.165) is 0 Å². The number of carbonyl (C=O) groups is 2. The lowest BCUT2D eigenvalue weighted by atomic mass is 9.90. The van der Waals surface area contributed by atoms with Crippen LogP contribution in [0.2, 0.25) is 23.2 Å². The van der Waals surface area contributed by atoms with E-state index in [0.29, 0.717) is 33.8 Å². The molecule has 0 saturated heterocycles. The van der Waals surface area contributed by atoms with E-state index in [1.54, 1.807) is 43.3 Å². The first-order valence-corrected chi connectivity index (χ1v) is 14.6. The minimum atomic E-state index is -2.50. The van der Waals surface area contributed by atoms with Gasteiger partial charge in [0.05, 0.1) is 17.1 Å². The minimum absolute atomic E-state index is 0.121. The van der Waals surface area contributed by atoms with Crippen LogP contribution in [-0.2, 0) is 4.79 Å². The molecule has 8 heteroatoms. The Bertz CT molecular complexity index is 1080. The molecule has 0 saturated carbocycles. The van der Waals surface area contributed by atoms with Crippen LogP contribution in [0.3, 0.4) is 0 Å². The number of Topliss-reactive ketones (excluding diaryl/α,β-unsaturated/α-hetero) is 1. The van der Waals surface area contributed by atoms with Crippen LogP contribution in [0.15, 0.2) is 42.5 Å². The minimum Gasteiger partial charge on any atom is -0.432 e. The summed E-state index contributed by atoms with van der Waals surface area (Å²) in [5.41, 5.74) is 2.21. The van der Waals surface area contributed by atoms with Crippen molar-refractivity contribution >= 4 is 37.3 Å². The van der Waals surface area contributed by atoms with Crippen molar-refractivity contribution in [3.05, 3.63) is 64.2 Å². The van der Waals surface area contributed by atoms with Crippen LogP contribution in [0, 0.1) is 24.2 Å². The summed E-state index contributed by atoms with van der Waals surface area (Å²) in [5, 5.41) is 15.3. The molecule has 34 heavy (non-hydrogen) atoms. The van der Waals surface area contributed by atoms with Crippen LogP contribution in [-0.4, -0.2) is 37.4 Å². The van der Waals surface area contributed by atoms with Gasteiger partial charge in [-0.1, -0.05) is 62.7 Å². The first-order valence-electron chi connectivity index (χ1n) is 11.3. The van der Waals surface area contributed by atoms with Gasteiger partial charge in [-0.05, 0) is 55.1 Å². The van der Waals surface area contributed by atoms with Crippen molar-refractivity contribution < 1.29 is 14.4 Å². The lowest BCUT2D eigenvalue weighted by Crippen LogP contribution is -2.48. The molecule has 3 N–H and O–H groups in total. The van der Waals surface area contributed by atoms with Crippen molar-refractivity contribution in [2.45, 2.75) is 58.3 Å². The number of ketones is 1. The molecule has 0 aliphatic heterocycles. The van der Waals surface area contributed by atoms with E-state index in [-0.39, 0.29) is 29.2 Å². The summed E-state index contributed by atoms with van der Waals surface area (Å²) in [7, 11) is -2.50. The molecule has 0 spiro atoms. The molecule has 0 aliphatic carbocycles. The fourth-order valence-corrected chi connectivity index (χ4v) is 4.77. The summed E-state index contributed by atoms with van der Waals surface area (Å²) in [5.74, 6) is -0.665. The molecular formula is C26H34ClN3O3Si. The van der Waals surface area contributed by atoms with E-state index in [1.165, 1.54) is 0 Å². The van der Waals surface area contributed by atoms with Crippen molar-refractivity contribution in [1.29, 1.82) is 5.26 Å². The largest absolute Gasteiger partial charge is 0.432 e. The molecule has 1 amide bonds. The molecule has 182 valence electrons. The number of amides is 1. The van der Waals surface area contributed by atoms with Gasteiger partial charge in [0, 0.05) is 11.3 Å². The predicted octanol–water partition coefficient (Wildman–Crippen LogP) is 5.30. The van der Waals surface area contributed by atoms with Gasteiger partial charge in [-0.25, -0.2) is 0 Å². The second kappa shape index (κ2) is 11.2. The molecule has 0 fully saturated rings. The summed E-state index contributed by atoms with van der Waals surface area (Å²) < 4.78 is 0. The highest BCUT2D eigenvalue weighted by Crippen LogP contribution is 2.42. The molecule has 0 heterocycles. The van der Waals surface area contributed by atoms with Crippen LogP contribution in [0.1, 0.15) is 48.7 Å². The Hall–Kier alpha value is -2.66. The number of rotatable bonds is 10. The number of nitriles is 1. The van der Waals surface area contributed by atoms with Gasteiger partial charge in [0.1, 0.15) is 12.1 Å². The summed E-state index contributed by atoms with van der Waals surface area (Å²) in [4.78, 5) is 36.6. The number of nitrogens with zero attached hydrogens (tertiary/aromatic N) is 1. The summed E-state index contributed by atoms with van der Waals surface area (Å²) in [6, 6.07) is 13.5. The number of hydrogen-bond donors (Lipinski definition) is 3. The molecule has 0 aromatic heterocycles. The lowest BCUT2D eigenvalue weighted by Gasteiger charge is -2.39. The quantitative estimate of drug-likeness (QED) is 0.304. The zero-order valence-corrected chi connectivity index (χ0v) is 22.5. The average Bonchev–Trinajstić information content (AvgIpc) is 2.77. The maximum atomic E-state index is 13.3. The van der Waals surface area contributed by atoms with Gasteiger partial charge in [0.2, 0.25) is 5.91 Å². The Kier molecular flexibility index (Phi) is 9.06. The second-order valence-electron chi connectivity index (χ2n) is 9.96. The van der Waals surface area contributed by atoms with E-state index in [2.05, 4.69) is 16.7 Å². The van der Waals surface area contributed by atoms with Crippen molar-refractivity contribution in [1.82, 2.24) is 5.32 Å². The number of carbonyl (C=O) groups excluding carboxylic acids is 2. The van der Waals surface area contributed by atoms with Crippen LogP contribution >= 0.6 is 11.6 Å². The van der Waals surface area contributed by atoms with Gasteiger partial charge in [0.25, 0.3) is 0 Å². The van der Waals surface area contributed by atoms with Crippen LogP contribution < -0.4 is 10.6 Å². The molecule has 0 radical (unpaired) electrons. The van der Waals surface area contributed by atoms with Crippen molar-refractivity contribution in [2.75, 3.05) is 11.9 Å². The van der Waals surface area contributed by atoms with E-state index >= 15 is 0 Å². The summed E-state index contributed by atoms with van der Waals surface area (Å²) in [6.45, 7) is 11.5. The Morgan fingerprint density at radius 1 is 1.18 bits per heavy atom. The first kappa shape index (κ1) is 27.6. The zero-order chi connectivity index (χ0) is 25.7. The second-order valence-corrected chi connectivity index (χ2v) is 14.8. The Balaban J connectivity index is 2.29. The molecule has 2 aromatic rings. The van der Waals surface area contributed by atoms with Crippen molar-refractivity contribution in [3.63, 3.8) is 0 Å². The molecular weight excluding hydrogens is 466 g/mol.